The van der Waals surface area contributed by atoms with Crippen LogP contribution in [-0.2, 0) is 12.7 Å². The molecule has 0 aliphatic carbocycles. The summed E-state index contributed by atoms with van der Waals surface area (Å²) in [7, 11) is 0. The van der Waals surface area contributed by atoms with Crippen molar-refractivity contribution in [1.82, 2.24) is 10.3 Å². The molecule has 0 amide bonds. The molecule has 0 unspecified atom stereocenters. The second-order valence-corrected chi connectivity index (χ2v) is 4.80. The molecule has 1 aromatic carbocycles. The first-order valence-electron chi connectivity index (χ1n) is 6.48. The normalized spacial score (nSPS) is 13.2. The van der Waals surface area contributed by atoms with Gasteiger partial charge in [0, 0.05) is 30.4 Å². The smallest absolute Gasteiger partial charge is 0.304 e. The lowest BCUT2D eigenvalue weighted by Gasteiger charge is -2.15. The third kappa shape index (κ3) is 4.00. The summed E-state index contributed by atoms with van der Waals surface area (Å²) in [5.74, 6) is -1.35. The first-order valence-corrected chi connectivity index (χ1v) is 6.48. The zero-order chi connectivity index (χ0) is 16.3. The molecule has 1 heterocycles. The third-order valence-corrected chi connectivity index (χ3v) is 3.17. The summed E-state index contributed by atoms with van der Waals surface area (Å²) < 4.78 is 63.6. The van der Waals surface area contributed by atoms with Crippen molar-refractivity contribution in [2.75, 3.05) is 0 Å². The van der Waals surface area contributed by atoms with Gasteiger partial charge in [0.25, 0.3) is 0 Å². The Morgan fingerprint density at radius 3 is 2.41 bits per heavy atom. The molecule has 2 aromatic rings. The molecule has 0 aliphatic rings. The maximum atomic E-state index is 13.6. The van der Waals surface area contributed by atoms with Crippen molar-refractivity contribution in [2.24, 2.45) is 0 Å². The Morgan fingerprint density at radius 1 is 1.14 bits per heavy atom. The van der Waals surface area contributed by atoms with Gasteiger partial charge in [-0.3, -0.25) is 4.98 Å². The quantitative estimate of drug-likeness (QED) is 0.854. The Balaban J connectivity index is 2.00. The number of rotatable bonds is 4. The maximum Gasteiger partial charge on any atom is 0.417 e. The zero-order valence-corrected chi connectivity index (χ0v) is 11.6. The largest absolute Gasteiger partial charge is 0.417 e. The van der Waals surface area contributed by atoms with Gasteiger partial charge in [-0.15, -0.1) is 0 Å². The highest BCUT2D eigenvalue weighted by molar-refractivity contribution is 5.22. The van der Waals surface area contributed by atoms with Crippen LogP contribution in [0.2, 0.25) is 0 Å². The van der Waals surface area contributed by atoms with Crippen molar-refractivity contribution in [3.63, 3.8) is 0 Å². The summed E-state index contributed by atoms with van der Waals surface area (Å²) in [6.07, 6.45) is -3.68. The molecule has 2 rings (SSSR count). The van der Waals surface area contributed by atoms with Crippen LogP contribution in [0.25, 0.3) is 0 Å². The molecule has 0 bridgehead atoms. The molecular weight excluding hydrogens is 303 g/mol. The van der Waals surface area contributed by atoms with E-state index in [0.717, 1.165) is 24.4 Å². The number of hydrogen-bond donors (Lipinski definition) is 1. The van der Waals surface area contributed by atoms with Crippen molar-refractivity contribution in [3.05, 3.63) is 65.0 Å². The van der Waals surface area contributed by atoms with E-state index in [1.54, 1.807) is 6.92 Å². The lowest BCUT2D eigenvalue weighted by molar-refractivity contribution is -0.137. The van der Waals surface area contributed by atoms with Gasteiger partial charge in [-0.25, -0.2) is 8.78 Å². The van der Waals surface area contributed by atoms with Crippen LogP contribution in [0.3, 0.4) is 0 Å². The van der Waals surface area contributed by atoms with Crippen molar-refractivity contribution in [2.45, 2.75) is 25.7 Å². The highest BCUT2D eigenvalue weighted by Gasteiger charge is 2.30. The van der Waals surface area contributed by atoms with E-state index in [0.29, 0.717) is 5.69 Å². The monoisotopic (exact) mass is 316 g/mol. The fraction of sp³-hybridized carbons (Fsp3) is 0.267. The summed E-state index contributed by atoms with van der Waals surface area (Å²) in [5, 5.41) is 2.93. The van der Waals surface area contributed by atoms with Gasteiger partial charge in [-0.1, -0.05) is 6.07 Å². The van der Waals surface area contributed by atoms with Crippen LogP contribution in [0.5, 0.6) is 0 Å². The van der Waals surface area contributed by atoms with Crippen LogP contribution >= 0.6 is 0 Å². The molecule has 118 valence electrons. The van der Waals surface area contributed by atoms with Crippen LogP contribution in [0, 0.1) is 11.6 Å². The number of aromatic nitrogens is 1. The highest BCUT2D eigenvalue weighted by Crippen LogP contribution is 2.28. The van der Waals surface area contributed by atoms with Crippen LogP contribution in [0.4, 0.5) is 22.0 Å². The number of benzene rings is 1. The molecule has 7 heteroatoms. The van der Waals surface area contributed by atoms with E-state index < -0.39 is 29.4 Å². The Morgan fingerprint density at radius 2 is 1.86 bits per heavy atom. The number of nitrogens with zero attached hydrogens (tertiary/aromatic N) is 1. The fourth-order valence-electron chi connectivity index (χ4n) is 1.92. The van der Waals surface area contributed by atoms with Gasteiger partial charge >= 0.3 is 6.18 Å². The van der Waals surface area contributed by atoms with Gasteiger partial charge in [-0.05, 0) is 25.1 Å². The van der Waals surface area contributed by atoms with Crippen molar-refractivity contribution < 1.29 is 22.0 Å². The SMILES string of the molecule is C[C@@H](NCc1ccc(C(F)(F)F)cn1)c1ccc(F)cc1F. The lowest BCUT2D eigenvalue weighted by atomic mass is 10.1. The Labute approximate surface area is 124 Å². The van der Waals surface area contributed by atoms with E-state index in [9.17, 15) is 22.0 Å². The van der Waals surface area contributed by atoms with E-state index in [-0.39, 0.29) is 12.1 Å². The molecule has 0 spiro atoms. The number of hydrogen-bond acceptors (Lipinski definition) is 2. The summed E-state index contributed by atoms with van der Waals surface area (Å²) in [6.45, 7) is 1.83. The standard InChI is InChI=1S/C15H13F5N2/c1-9(13-5-3-11(16)6-14(13)17)21-8-12-4-2-10(7-22-12)15(18,19)20/h2-7,9,21H,8H2,1H3/t9-/m1/s1. The van der Waals surface area contributed by atoms with Gasteiger partial charge in [0.15, 0.2) is 0 Å². The molecule has 0 fully saturated rings. The lowest BCUT2D eigenvalue weighted by Crippen LogP contribution is -2.20. The van der Waals surface area contributed by atoms with Gasteiger partial charge in [0.2, 0.25) is 0 Å². The van der Waals surface area contributed by atoms with Crippen molar-refractivity contribution >= 4 is 0 Å². The van der Waals surface area contributed by atoms with E-state index >= 15 is 0 Å². The molecule has 1 N–H and O–H groups in total. The average molecular weight is 316 g/mol. The van der Waals surface area contributed by atoms with E-state index in [1.165, 1.54) is 12.1 Å². The predicted molar refractivity (Wildman–Crippen MR) is 70.9 cm³/mol. The minimum absolute atomic E-state index is 0.163. The van der Waals surface area contributed by atoms with Crippen molar-refractivity contribution in [1.29, 1.82) is 0 Å². The minimum atomic E-state index is -4.43. The van der Waals surface area contributed by atoms with Gasteiger partial charge < -0.3 is 5.32 Å². The fourth-order valence-corrected chi connectivity index (χ4v) is 1.92. The number of alkyl halides is 3. The summed E-state index contributed by atoms with van der Waals surface area (Å²) in [4.78, 5) is 3.71. The van der Waals surface area contributed by atoms with Gasteiger partial charge in [-0.2, -0.15) is 13.2 Å². The minimum Gasteiger partial charge on any atom is -0.304 e. The molecule has 0 saturated heterocycles. The van der Waals surface area contributed by atoms with Crippen LogP contribution in [-0.4, -0.2) is 4.98 Å². The van der Waals surface area contributed by atoms with Crippen LogP contribution in [0.15, 0.2) is 36.5 Å². The number of halogens is 5. The van der Waals surface area contributed by atoms with E-state index in [1.807, 2.05) is 0 Å². The zero-order valence-electron chi connectivity index (χ0n) is 11.6. The van der Waals surface area contributed by atoms with E-state index in [2.05, 4.69) is 10.3 Å². The maximum absolute atomic E-state index is 13.6. The van der Waals surface area contributed by atoms with Crippen molar-refractivity contribution in [3.8, 4) is 0 Å². The first kappa shape index (κ1) is 16.4. The topological polar surface area (TPSA) is 24.9 Å². The Kier molecular flexibility index (Phi) is 4.75. The Bertz CT molecular complexity index is 637. The summed E-state index contributed by atoms with van der Waals surface area (Å²) >= 11 is 0. The van der Waals surface area contributed by atoms with E-state index in [4.69, 9.17) is 0 Å². The molecule has 22 heavy (non-hydrogen) atoms. The third-order valence-electron chi connectivity index (χ3n) is 3.17. The number of nitrogens with one attached hydrogen (secondary N) is 1. The molecular formula is C15H13F5N2. The molecule has 1 aromatic heterocycles. The highest BCUT2D eigenvalue weighted by atomic mass is 19.4. The molecule has 2 nitrogen and oxygen atoms in total. The van der Waals surface area contributed by atoms with Crippen LogP contribution in [0.1, 0.15) is 29.8 Å². The predicted octanol–water partition coefficient (Wildman–Crippen LogP) is 4.23. The van der Waals surface area contributed by atoms with Gasteiger partial charge in [0.05, 0.1) is 11.3 Å². The second-order valence-electron chi connectivity index (χ2n) is 4.80. The average Bonchev–Trinajstić information content (AvgIpc) is 2.44. The summed E-state index contributed by atoms with van der Waals surface area (Å²) in [5.41, 5.74) is -0.162. The molecule has 0 aliphatic heterocycles. The van der Waals surface area contributed by atoms with Gasteiger partial charge in [0.1, 0.15) is 11.6 Å². The van der Waals surface area contributed by atoms with Crippen LogP contribution < -0.4 is 5.32 Å². The summed E-state index contributed by atoms with van der Waals surface area (Å²) in [6, 6.07) is 5.00. The number of pyridine rings is 1. The molecule has 0 saturated carbocycles. The first-order chi connectivity index (χ1) is 10.3. The second kappa shape index (κ2) is 6.39. The Hall–Kier alpha value is -2.02. The molecule has 0 radical (unpaired) electrons. The molecule has 1 atom stereocenters.